The van der Waals surface area contributed by atoms with Crippen molar-refractivity contribution in [3.8, 4) is 0 Å². The number of ketones is 1. The molecular weight excluding hydrogens is 374 g/mol. The zero-order valence-corrected chi connectivity index (χ0v) is 17.3. The number of carbonyl (C=O) groups excluding carboxylic acids is 3. The first-order valence-electron chi connectivity index (χ1n) is 9.21. The van der Waals surface area contributed by atoms with Gasteiger partial charge < -0.3 is 10.1 Å². The average molecular weight is 400 g/mol. The molecular formula is C22H25NO4S. The van der Waals surface area contributed by atoms with Crippen molar-refractivity contribution in [2.24, 2.45) is 5.92 Å². The third-order valence-electron chi connectivity index (χ3n) is 4.02. The van der Waals surface area contributed by atoms with Crippen molar-refractivity contribution in [1.29, 1.82) is 0 Å². The number of nitrogens with one attached hydrogen (secondary N) is 1. The Hall–Kier alpha value is -2.60. The highest BCUT2D eigenvalue weighted by molar-refractivity contribution is 7.99. The summed E-state index contributed by atoms with van der Waals surface area (Å²) >= 11 is 1.55. The number of amides is 1. The zero-order chi connectivity index (χ0) is 20.7. The fourth-order valence-corrected chi connectivity index (χ4v) is 3.23. The van der Waals surface area contributed by atoms with Gasteiger partial charge in [0.05, 0.1) is 5.56 Å². The van der Waals surface area contributed by atoms with E-state index in [1.165, 1.54) is 0 Å². The van der Waals surface area contributed by atoms with E-state index < -0.39 is 12.1 Å². The number of Topliss-reactive ketones (excluding diaryl/α,β-unsaturated/α-hetero) is 1. The molecule has 1 amide bonds. The van der Waals surface area contributed by atoms with E-state index >= 15 is 0 Å². The summed E-state index contributed by atoms with van der Waals surface area (Å²) in [7, 11) is 0. The molecule has 1 N–H and O–H groups in total. The molecule has 0 saturated heterocycles. The molecule has 148 valence electrons. The maximum atomic E-state index is 12.6. The molecule has 2 aromatic carbocycles. The molecule has 1 atom stereocenters. The maximum absolute atomic E-state index is 12.6. The third-order valence-corrected chi connectivity index (χ3v) is 4.98. The van der Waals surface area contributed by atoms with E-state index in [1.54, 1.807) is 68.9 Å². The lowest BCUT2D eigenvalue weighted by Crippen LogP contribution is -2.24. The van der Waals surface area contributed by atoms with Gasteiger partial charge in [-0.25, -0.2) is 4.79 Å². The lowest BCUT2D eigenvalue weighted by atomic mass is 10.1. The molecule has 2 rings (SSSR count). The predicted molar refractivity (Wildman–Crippen MR) is 112 cm³/mol. The minimum Gasteiger partial charge on any atom is -0.451 e. The number of ether oxygens (including phenoxy) is 1. The number of anilines is 1. The molecule has 0 saturated carbocycles. The largest absolute Gasteiger partial charge is 0.451 e. The third kappa shape index (κ3) is 5.70. The topological polar surface area (TPSA) is 72.5 Å². The van der Waals surface area contributed by atoms with Gasteiger partial charge in [-0.1, -0.05) is 32.9 Å². The van der Waals surface area contributed by atoms with Crippen LogP contribution in [0.25, 0.3) is 0 Å². The summed E-state index contributed by atoms with van der Waals surface area (Å²) in [5.74, 6) is -0.202. The van der Waals surface area contributed by atoms with Crippen LogP contribution in [0, 0.1) is 5.92 Å². The summed E-state index contributed by atoms with van der Waals surface area (Å²) in [5.41, 5.74) is 1.49. The molecule has 0 spiro atoms. The van der Waals surface area contributed by atoms with Crippen LogP contribution in [0.3, 0.4) is 0 Å². The van der Waals surface area contributed by atoms with Crippen molar-refractivity contribution in [2.45, 2.75) is 38.7 Å². The van der Waals surface area contributed by atoms with Gasteiger partial charge in [0, 0.05) is 22.1 Å². The molecule has 5 nitrogen and oxygen atoms in total. The van der Waals surface area contributed by atoms with Crippen LogP contribution in [0.1, 0.15) is 48.4 Å². The number of thioether (sulfide) groups is 1. The normalized spacial score (nSPS) is 11.8. The number of hydrogen-bond acceptors (Lipinski definition) is 5. The van der Waals surface area contributed by atoms with Crippen LogP contribution in [-0.4, -0.2) is 29.5 Å². The van der Waals surface area contributed by atoms with Crippen LogP contribution in [0.4, 0.5) is 5.69 Å². The summed E-state index contributed by atoms with van der Waals surface area (Å²) in [5, 5.41) is 2.77. The molecule has 0 aliphatic rings. The predicted octanol–water partition coefficient (Wildman–Crippen LogP) is 4.82. The van der Waals surface area contributed by atoms with Crippen LogP contribution in [0.2, 0.25) is 0 Å². The van der Waals surface area contributed by atoms with Gasteiger partial charge in [-0.05, 0) is 49.1 Å². The van der Waals surface area contributed by atoms with Crippen LogP contribution in [-0.2, 0) is 9.53 Å². The maximum Gasteiger partial charge on any atom is 0.339 e. The minimum absolute atomic E-state index is 0.0926. The second kappa shape index (κ2) is 10.1. The van der Waals surface area contributed by atoms with Gasteiger partial charge in [0.2, 0.25) is 11.7 Å². The Bertz CT molecular complexity index is 846. The van der Waals surface area contributed by atoms with E-state index in [1.807, 2.05) is 19.1 Å². The molecule has 0 bridgehead atoms. The molecule has 1 unspecified atom stereocenters. The van der Waals surface area contributed by atoms with Crippen molar-refractivity contribution >= 4 is 35.1 Å². The Morgan fingerprint density at radius 2 is 1.64 bits per heavy atom. The van der Waals surface area contributed by atoms with Gasteiger partial charge in [-0.3, -0.25) is 9.59 Å². The van der Waals surface area contributed by atoms with Crippen LogP contribution < -0.4 is 5.32 Å². The summed E-state index contributed by atoms with van der Waals surface area (Å²) in [4.78, 5) is 37.6. The van der Waals surface area contributed by atoms with E-state index in [2.05, 4.69) is 5.32 Å². The van der Waals surface area contributed by atoms with Gasteiger partial charge in [-0.2, -0.15) is 0 Å². The lowest BCUT2D eigenvalue weighted by molar-refractivity contribution is -0.118. The van der Waals surface area contributed by atoms with E-state index in [-0.39, 0.29) is 17.6 Å². The number of esters is 1. The van der Waals surface area contributed by atoms with Gasteiger partial charge in [0.1, 0.15) is 0 Å². The highest BCUT2D eigenvalue weighted by atomic mass is 32.2. The minimum atomic E-state index is -0.914. The number of carbonyl (C=O) groups is 3. The highest BCUT2D eigenvalue weighted by Gasteiger charge is 2.22. The van der Waals surface area contributed by atoms with E-state index in [0.717, 1.165) is 10.6 Å². The molecule has 0 fully saturated rings. The van der Waals surface area contributed by atoms with Crippen LogP contribution in [0.5, 0.6) is 0 Å². The fraction of sp³-hybridized carbons (Fsp3) is 0.318. The Labute approximate surface area is 169 Å². The van der Waals surface area contributed by atoms with Crippen molar-refractivity contribution in [3.05, 3.63) is 59.7 Å². The van der Waals surface area contributed by atoms with E-state index in [4.69, 9.17) is 4.74 Å². The Balaban J connectivity index is 2.04. The number of benzene rings is 2. The number of rotatable bonds is 8. The van der Waals surface area contributed by atoms with Crippen molar-refractivity contribution < 1.29 is 19.1 Å². The van der Waals surface area contributed by atoms with E-state index in [0.29, 0.717) is 16.8 Å². The first kappa shape index (κ1) is 21.7. The standard InChI is InChI=1S/C22H25NO4S/c1-5-28-19-9-7-6-8-18(19)22(26)27-15(4)20(24)16-10-12-17(13-11-16)23-21(25)14(2)3/h6-15H,5H2,1-4H3,(H,23,25). The molecule has 6 heteroatoms. The Morgan fingerprint density at radius 3 is 2.25 bits per heavy atom. The molecule has 0 heterocycles. The summed E-state index contributed by atoms with van der Waals surface area (Å²) in [6.45, 7) is 7.18. The quantitative estimate of drug-likeness (QED) is 0.391. The van der Waals surface area contributed by atoms with Gasteiger partial charge in [0.15, 0.2) is 6.10 Å². The SMILES string of the molecule is CCSc1ccccc1C(=O)OC(C)C(=O)c1ccc(NC(=O)C(C)C)cc1. The van der Waals surface area contributed by atoms with Crippen molar-refractivity contribution in [3.63, 3.8) is 0 Å². The number of hydrogen-bond donors (Lipinski definition) is 1. The Morgan fingerprint density at radius 1 is 1.00 bits per heavy atom. The van der Waals surface area contributed by atoms with Gasteiger partial charge in [-0.15, -0.1) is 11.8 Å². The monoisotopic (exact) mass is 399 g/mol. The summed E-state index contributed by atoms with van der Waals surface area (Å²) in [6, 6.07) is 13.7. The van der Waals surface area contributed by atoms with Crippen LogP contribution in [0.15, 0.2) is 53.4 Å². The molecule has 28 heavy (non-hydrogen) atoms. The average Bonchev–Trinajstić information content (AvgIpc) is 2.68. The zero-order valence-electron chi connectivity index (χ0n) is 16.5. The summed E-state index contributed by atoms with van der Waals surface area (Å²) in [6.07, 6.45) is -0.914. The highest BCUT2D eigenvalue weighted by Crippen LogP contribution is 2.23. The first-order valence-corrected chi connectivity index (χ1v) is 10.2. The smallest absolute Gasteiger partial charge is 0.339 e. The lowest BCUT2D eigenvalue weighted by Gasteiger charge is -2.14. The second-order valence-corrected chi connectivity index (χ2v) is 7.87. The second-order valence-electron chi connectivity index (χ2n) is 6.56. The van der Waals surface area contributed by atoms with Crippen LogP contribution >= 0.6 is 11.8 Å². The van der Waals surface area contributed by atoms with Crippen molar-refractivity contribution in [1.82, 2.24) is 0 Å². The summed E-state index contributed by atoms with van der Waals surface area (Å²) < 4.78 is 5.39. The molecule has 0 aliphatic heterocycles. The molecule has 0 aromatic heterocycles. The van der Waals surface area contributed by atoms with Gasteiger partial charge in [0.25, 0.3) is 0 Å². The van der Waals surface area contributed by atoms with Crippen molar-refractivity contribution in [2.75, 3.05) is 11.1 Å². The Kier molecular flexibility index (Phi) is 7.81. The molecule has 2 aromatic rings. The molecule has 0 aliphatic carbocycles. The van der Waals surface area contributed by atoms with E-state index in [9.17, 15) is 14.4 Å². The van der Waals surface area contributed by atoms with Gasteiger partial charge >= 0.3 is 5.97 Å². The molecule has 0 radical (unpaired) electrons. The first-order chi connectivity index (χ1) is 13.3. The fourth-order valence-electron chi connectivity index (χ4n) is 2.43.